The van der Waals surface area contributed by atoms with Crippen molar-refractivity contribution in [1.29, 1.82) is 0 Å². The standard InChI is InChI=1S/C23H32N2O/c1-15-13-17(3)20(18(4)14-15)22(5,6)23(7,24)21(26)25(8)19-12-10-9-11-16(19)2/h9-14H,24H2,1-8H3. The lowest BCUT2D eigenvalue weighted by molar-refractivity contribution is -0.125. The summed E-state index contributed by atoms with van der Waals surface area (Å²) in [5, 5.41) is 0. The monoisotopic (exact) mass is 352 g/mol. The van der Waals surface area contributed by atoms with Gasteiger partial charge in [-0.2, -0.15) is 0 Å². The largest absolute Gasteiger partial charge is 0.317 e. The second kappa shape index (κ2) is 6.88. The highest BCUT2D eigenvalue weighted by atomic mass is 16.2. The van der Waals surface area contributed by atoms with Gasteiger partial charge in [0.1, 0.15) is 5.54 Å². The molecule has 0 aliphatic carbocycles. The van der Waals surface area contributed by atoms with Gasteiger partial charge in [-0.05, 0) is 62.9 Å². The smallest absolute Gasteiger partial charge is 0.247 e. The number of nitrogens with zero attached hydrogens (tertiary/aromatic N) is 1. The molecule has 0 fully saturated rings. The van der Waals surface area contributed by atoms with Crippen LogP contribution in [0.2, 0.25) is 0 Å². The van der Waals surface area contributed by atoms with Crippen molar-refractivity contribution in [3.8, 4) is 0 Å². The molecule has 0 radical (unpaired) electrons. The van der Waals surface area contributed by atoms with Crippen molar-refractivity contribution in [3.05, 3.63) is 64.2 Å². The van der Waals surface area contributed by atoms with Crippen LogP contribution in [-0.4, -0.2) is 18.5 Å². The van der Waals surface area contributed by atoms with Crippen LogP contribution >= 0.6 is 0 Å². The third kappa shape index (κ3) is 3.28. The summed E-state index contributed by atoms with van der Waals surface area (Å²) in [7, 11) is 1.81. The molecular weight excluding hydrogens is 320 g/mol. The predicted octanol–water partition coefficient (Wildman–Crippen LogP) is 4.58. The molecule has 0 aliphatic heterocycles. The van der Waals surface area contributed by atoms with E-state index in [0.29, 0.717) is 0 Å². The zero-order valence-corrected chi connectivity index (χ0v) is 17.4. The molecule has 1 unspecified atom stereocenters. The highest BCUT2D eigenvalue weighted by Gasteiger charge is 2.47. The number of hydrogen-bond acceptors (Lipinski definition) is 2. The van der Waals surface area contributed by atoms with E-state index in [2.05, 4.69) is 46.8 Å². The van der Waals surface area contributed by atoms with Crippen molar-refractivity contribution in [2.24, 2.45) is 5.73 Å². The van der Waals surface area contributed by atoms with Gasteiger partial charge in [0.15, 0.2) is 0 Å². The summed E-state index contributed by atoms with van der Waals surface area (Å²) in [6.45, 7) is 14.3. The van der Waals surface area contributed by atoms with E-state index in [1.807, 2.05) is 38.1 Å². The fourth-order valence-electron chi connectivity index (χ4n) is 4.09. The maximum atomic E-state index is 13.4. The number of hydrogen-bond donors (Lipinski definition) is 1. The average Bonchev–Trinajstić information content (AvgIpc) is 2.52. The van der Waals surface area contributed by atoms with Gasteiger partial charge < -0.3 is 10.6 Å². The molecule has 0 aliphatic rings. The van der Waals surface area contributed by atoms with Crippen LogP contribution in [0.1, 0.15) is 48.6 Å². The number of para-hydroxylation sites is 1. The molecule has 2 aromatic carbocycles. The normalized spacial score (nSPS) is 14.0. The summed E-state index contributed by atoms with van der Waals surface area (Å²) in [5.74, 6) is -0.0869. The van der Waals surface area contributed by atoms with E-state index in [-0.39, 0.29) is 5.91 Å². The van der Waals surface area contributed by atoms with E-state index in [1.54, 1.807) is 11.9 Å². The van der Waals surface area contributed by atoms with Crippen LogP contribution in [0.5, 0.6) is 0 Å². The Bertz CT molecular complexity index is 811. The fourth-order valence-corrected chi connectivity index (χ4v) is 4.09. The molecule has 0 heterocycles. The van der Waals surface area contributed by atoms with Crippen LogP contribution in [0.25, 0.3) is 0 Å². The molecule has 0 saturated carbocycles. The summed E-state index contributed by atoms with van der Waals surface area (Å²) in [6.07, 6.45) is 0. The number of aryl methyl sites for hydroxylation is 4. The van der Waals surface area contributed by atoms with Gasteiger partial charge in [-0.3, -0.25) is 4.79 Å². The van der Waals surface area contributed by atoms with Crippen molar-refractivity contribution >= 4 is 11.6 Å². The molecule has 0 bridgehead atoms. The summed E-state index contributed by atoms with van der Waals surface area (Å²) in [4.78, 5) is 15.1. The van der Waals surface area contributed by atoms with Crippen molar-refractivity contribution in [2.45, 2.75) is 59.4 Å². The van der Waals surface area contributed by atoms with E-state index < -0.39 is 11.0 Å². The number of nitrogens with two attached hydrogens (primary N) is 1. The van der Waals surface area contributed by atoms with Crippen molar-refractivity contribution in [2.75, 3.05) is 11.9 Å². The zero-order valence-electron chi connectivity index (χ0n) is 17.4. The number of anilines is 1. The predicted molar refractivity (Wildman–Crippen MR) is 111 cm³/mol. The Morgan fingerprint density at radius 1 is 0.923 bits per heavy atom. The van der Waals surface area contributed by atoms with E-state index in [1.165, 1.54) is 16.7 Å². The van der Waals surface area contributed by atoms with Gasteiger partial charge in [-0.1, -0.05) is 49.7 Å². The SMILES string of the molecule is Cc1cc(C)c(C(C)(C)C(C)(N)C(=O)N(C)c2ccccc2C)c(C)c1. The zero-order chi connectivity index (χ0) is 19.9. The van der Waals surface area contributed by atoms with Gasteiger partial charge in [-0.15, -0.1) is 0 Å². The van der Waals surface area contributed by atoms with Crippen molar-refractivity contribution < 1.29 is 4.79 Å². The van der Waals surface area contributed by atoms with Gasteiger partial charge in [0.25, 0.3) is 0 Å². The third-order valence-corrected chi connectivity index (χ3v) is 5.83. The van der Waals surface area contributed by atoms with Crippen LogP contribution in [0.3, 0.4) is 0 Å². The maximum Gasteiger partial charge on any atom is 0.247 e. The third-order valence-electron chi connectivity index (χ3n) is 5.83. The number of benzene rings is 2. The number of carbonyl (C=O) groups is 1. The Morgan fingerprint density at radius 3 is 1.92 bits per heavy atom. The number of carbonyl (C=O) groups excluding carboxylic acids is 1. The first-order chi connectivity index (χ1) is 11.9. The van der Waals surface area contributed by atoms with Gasteiger partial charge in [0.2, 0.25) is 5.91 Å². The molecule has 3 nitrogen and oxygen atoms in total. The Hall–Kier alpha value is -2.13. The fraction of sp³-hybridized carbons (Fsp3) is 0.435. The first-order valence-electron chi connectivity index (χ1n) is 9.12. The molecule has 0 saturated heterocycles. The van der Waals surface area contributed by atoms with Gasteiger partial charge in [-0.25, -0.2) is 0 Å². The molecule has 26 heavy (non-hydrogen) atoms. The first-order valence-corrected chi connectivity index (χ1v) is 9.12. The van der Waals surface area contributed by atoms with Gasteiger partial charge in [0, 0.05) is 18.2 Å². The van der Waals surface area contributed by atoms with Crippen LogP contribution in [-0.2, 0) is 10.2 Å². The first kappa shape index (κ1) is 20.2. The molecule has 2 aromatic rings. The minimum absolute atomic E-state index is 0.0869. The number of likely N-dealkylation sites (N-methyl/N-ethyl adjacent to an activating group) is 1. The van der Waals surface area contributed by atoms with E-state index in [0.717, 1.165) is 16.8 Å². The lowest BCUT2D eigenvalue weighted by Gasteiger charge is -2.44. The molecule has 2 N–H and O–H groups in total. The van der Waals surface area contributed by atoms with Gasteiger partial charge in [0.05, 0.1) is 0 Å². The highest BCUT2D eigenvalue weighted by molar-refractivity contribution is 6.01. The van der Waals surface area contributed by atoms with E-state index >= 15 is 0 Å². The van der Waals surface area contributed by atoms with Gasteiger partial charge >= 0.3 is 0 Å². The summed E-state index contributed by atoms with van der Waals surface area (Å²) in [6, 6.07) is 12.2. The van der Waals surface area contributed by atoms with Crippen LogP contribution in [0.15, 0.2) is 36.4 Å². The Morgan fingerprint density at radius 2 is 1.42 bits per heavy atom. The molecule has 140 valence electrons. The molecule has 0 spiro atoms. The minimum atomic E-state index is -1.06. The minimum Gasteiger partial charge on any atom is -0.317 e. The Balaban J connectivity index is 2.51. The molecule has 0 aromatic heterocycles. The molecule has 3 heteroatoms. The number of rotatable bonds is 4. The quantitative estimate of drug-likeness (QED) is 0.875. The lowest BCUT2D eigenvalue weighted by atomic mass is 9.66. The van der Waals surface area contributed by atoms with Crippen molar-refractivity contribution in [1.82, 2.24) is 0 Å². The second-order valence-corrected chi connectivity index (χ2v) is 8.25. The summed E-state index contributed by atoms with van der Waals surface area (Å²) < 4.78 is 0. The number of amides is 1. The van der Waals surface area contributed by atoms with Crippen LogP contribution in [0, 0.1) is 27.7 Å². The van der Waals surface area contributed by atoms with Crippen LogP contribution in [0.4, 0.5) is 5.69 Å². The second-order valence-electron chi connectivity index (χ2n) is 8.25. The molecule has 1 atom stereocenters. The Labute approximate surface area is 158 Å². The molecule has 2 rings (SSSR count). The van der Waals surface area contributed by atoms with E-state index in [4.69, 9.17) is 5.73 Å². The van der Waals surface area contributed by atoms with Crippen molar-refractivity contribution in [3.63, 3.8) is 0 Å². The van der Waals surface area contributed by atoms with Crippen LogP contribution < -0.4 is 10.6 Å². The average molecular weight is 353 g/mol. The maximum absolute atomic E-state index is 13.4. The molecular formula is C23H32N2O. The Kier molecular flexibility index (Phi) is 5.34. The topological polar surface area (TPSA) is 46.3 Å². The van der Waals surface area contributed by atoms with E-state index in [9.17, 15) is 4.79 Å². The lowest BCUT2D eigenvalue weighted by Crippen LogP contribution is -2.63. The summed E-state index contributed by atoms with van der Waals surface area (Å²) in [5.41, 5.74) is 11.8. The molecule has 1 amide bonds. The summed E-state index contributed by atoms with van der Waals surface area (Å²) >= 11 is 0. The highest BCUT2D eigenvalue weighted by Crippen LogP contribution is 2.39.